The molecular weight excluding hydrogens is 257 g/mol. The smallest absolute Gasteiger partial charge is 0.409 e. The molecule has 0 fully saturated rings. The first-order valence-electron chi connectivity index (χ1n) is 5.09. The minimum Gasteiger partial charge on any atom is -0.410 e. The Morgan fingerprint density at radius 3 is 2.44 bits per heavy atom. The van der Waals surface area contributed by atoms with Crippen molar-refractivity contribution in [3.8, 4) is 16.9 Å². The average Bonchev–Trinajstić information content (AvgIpc) is 2.32. The Morgan fingerprint density at radius 2 is 1.83 bits per heavy atom. The van der Waals surface area contributed by atoms with E-state index in [1.165, 1.54) is 18.2 Å². The van der Waals surface area contributed by atoms with Crippen molar-refractivity contribution in [3.05, 3.63) is 53.3 Å². The molecule has 2 rings (SSSR count). The van der Waals surface area contributed by atoms with Gasteiger partial charge in [-0.15, -0.1) is 0 Å². The molecule has 1 amide bonds. The van der Waals surface area contributed by atoms with E-state index in [0.717, 1.165) is 0 Å². The second-order valence-corrected chi connectivity index (χ2v) is 4.00. The fourth-order valence-corrected chi connectivity index (χ4v) is 1.68. The maximum absolute atomic E-state index is 13.3. The van der Waals surface area contributed by atoms with Gasteiger partial charge >= 0.3 is 6.09 Å². The Hall–Kier alpha value is -2.07. The topological polar surface area (TPSA) is 52.3 Å². The number of nitrogens with two attached hydrogens (primary N) is 1. The fraction of sp³-hybridized carbons (Fsp3) is 0. The molecule has 3 nitrogen and oxygen atoms in total. The molecule has 2 aromatic carbocycles. The number of halogens is 2. The minimum atomic E-state index is -0.947. The van der Waals surface area contributed by atoms with Crippen molar-refractivity contribution in [1.29, 1.82) is 0 Å². The van der Waals surface area contributed by atoms with Crippen LogP contribution >= 0.6 is 11.6 Å². The van der Waals surface area contributed by atoms with Crippen LogP contribution in [-0.4, -0.2) is 6.09 Å². The number of hydrogen-bond acceptors (Lipinski definition) is 2. The van der Waals surface area contributed by atoms with Gasteiger partial charge in [0.2, 0.25) is 0 Å². The number of carbonyl (C=O) groups excluding carboxylic acids is 1. The summed E-state index contributed by atoms with van der Waals surface area (Å²) < 4.78 is 18.1. The number of primary amides is 1. The van der Waals surface area contributed by atoms with E-state index >= 15 is 0 Å². The van der Waals surface area contributed by atoms with E-state index in [9.17, 15) is 9.18 Å². The average molecular weight is 266 g/mol. The van der Waals surface area contributed by atoms with Crippen LogP contribution in [-0.2, 0) is 0 Å². The molecule has 0 radical (unpaired) electrons. The third-order valence-corrected chi connectivity index (χ3v) is 2.56. The van der Waals surface area contributed by atoms with Gasteiger partial charge in [-0.05, 0) is 35.9 Å². The molecule has 0 aliphatic rings. The number of amides is 1. The van der Waals surface area contributed by atoms with Crippen molar-refractivity contribution in [1.82, 2.24) is 0 Å². The van der Waals surface area contributed by atoms with E-state index in [0.29, 0.717) is 16.1 Å². The van der Waals surface area contributed by atoms with Crippen molar-refractivity contribution in [2.45, 2.75) is 0 Å². The highest BCUT2D eigenvalue weighted by Gasteiger charge is 2.10. The highest BCUT2D eigenvalue weighted by atomic mass is 35.5. The van der Waals surface area contributed by atoms with E-state index in [2.05, 4.69) is 0 Å². The first-order chi connectivity index (χ1) is 8.56. The zero-order valence-electron chi connectivity index (χ0n) is 9.19. The molecule has 0 bridgehead atoms. The molecule has 0 aliphatic carbocycles. The molecule has 5 heteroatoms. The lowest BCUT2D eigenvalue weighted by atomic mass is 10.0. The first-order valence-corrected chi connectivity index (χ1v) is 5.47. The van der Waals surface area contributed by atoms with E-state index in [1.54, 1.807) is 24.3 Å². The third-order valence-electron chi connectivity index (χ3n) is 2.31. The summed E-state index contributed by atoms with van der Waals surface area (Å²) in [6.45, 7) is 0. The summed E-state index contributed by atoms with van der Waals surface area (Å²) in [6.07, 6.45) is -0.947. The molecule has 0 atom stereocenters. The predicted octanol–water partition coefficient (Wildman–Crippen LogP) is 3.60. The SMILES string of the molecule is NC(=O)Oc1ccc(F)cc1-c1ccc(Cl)cc1. The van der Waals surface area contributed by atoms with E-state index < -0.39 is 11.9 Å². The molecule has 2 N–H and O–H groups in total. The van der Waals surface area contributed by atoms with Crippen molar-refractivity contribution < 1.29 is 13.9 Å². The van der Waals surface area contributed by atoms with Gasteiger partial charge < -0.3 is 10.5 Å². The normalized spacial score (nSPS) is 10.1. The first kappa shape index (κ1) is 12.4. The zero-order chi connectivity index (χ0) is 13.1. The lowest BCUT2D eigenvalue weighted by Crippen LogP contribution is -2.16. The summed E-state index contributed by atoms with van der Waals surface area (Å²) in [7, 11) is 0. The van der Waals surface area contributed by atoms with Crippen LogP contribution in [0, 0.1) is 5.82 Å². The van der Waals surface area contributed by atoms with Crippen molar-refractivity contribution >= 4 is 17.7 Å². The molecule has 0 heterocycles. The van der Waals surface area contributed by atoms with Crippen LogP contribution in [0.1, 0.15) is 0 Å². The summed E-state index contributed by atoms with van der Waals surface area (Å²) in [5.41, 5.74) is 6.07. The molecule has 0 aromatic heterocycles. The lowest BCUT2D eigenvalue weighted by Gasteiger charge is -2.09. The highest BCUT2D eigenvalue weighted by molar-refractivity contribution is 6.30. The number of rotatable bonds is 2. The minimum absolute atomic E-state index is 0.200. The van der Waals surface area contributed by atoms with Gasteiger partial charge in [-0.25, -0.2) is 9.18 Å². The van der Waals surface area contributed by atoms with Gasteiger partial charge in [-0.1, -0.05) is 23.7 Å². The summed E-state index contributed by atoms with van der Waals surface area (Å²) in [5, 5.41) is 0.563. The lowest BCUT2D eigenvalue weighted by molar-refractivity contribution is 0.211. The molecule has 92 valence electrons. The molecule has 18 heavy (non-hydrogen) atoms. The van der Waals surface area contributed by atoms with Crippen molar-refractivity contribution in [2.24, 2.45) is 5.73 Å². The molecule has 0 saturated heterocycles. The second kappa shape index (κ2) is 5.06. The predicted molar refractivity (Wildman–Crippen MR) is 67.1 cm³/mol. The molecule has 0 saturated carbocycles. The molecule has 0 aliphatic heterocycles. The Bertz CT molecular complexity index is 584. The maximum Gasteiger partial charge on any atom is 0.409 e. The van der Waals surface area contributed by atoms with Crippen LogP contribution in [0.4, 0.5) is 9.18 Å². The maximum atomic E-state index is 13.3. The van der Waals surface area contributed by atoms with Gasteiger partial charge in [0.25, 0.3) is 0 Å². The van der Waals surface area contributed by atoms with Crippen LogP contribution in [0.5, 0.6) is 5.75 Å². The summed E-state index contributed by atoms with van der Waals surface area (Å²) >= 11 is 5.78. The highest BCUT2D eigenvalue weighted by Crippen LogP contribution is 2.31. The fourth-order valence-electron chi connectivity index (χ4n) is 1.55. The van der Waals surface area contributed by atoms with Crippen molar-refractivity contribution in [3.63, 3.8) is 0 Å². The molecule has 0 spiro atoms. The summed E-state index contributed by atoms with van der Waals surface area (Å²) in [6, 6.07) is 10.5. The van der Waals surface area contributed by atoms with E-state index in [4.69, 9.17) is 22.1 Å². The van der Waals surface area contributed by atoms with Gasteiger partial charge in [-0.3, -0.25) is 0 Å². The monoisotopic (exact) mass is 265 g/mol. The molecule has 0 unspecified atom stereocenters. The Labute approximate surface area is 108 Å². The standard InChI is InChI=1S/C13H9ClFNO2/c14-9-3-1-8(2-4-9)11-7-10(15)5-6-12(11)18-13(16)17/h1-7H,(H2,16,17). The Morgan fingerprint density at radius 1 is 1.17 bits per heavy atom. The van der Waals surface area contributed by atoms with Crippen LogP contribution in [0.2, 0.25) is 5.02 Å². The zero-order valence-corrected chi connectivity index (χ0v) is 9.95. The van der Waals surface area contributed by atoms with Crippen molar-refractivity contribution in [2.75, 3.05) is 0 Å². The quantitative estimate of drug-likeness (QED) is 0.902. The number of carbonyl (C=O) groups is 1. The third kappa shape index (κ3) is 2.78. The van der Waals surface area contributed by atoms with E-state index in [1.807, 2.05) is 0 Å². The largest absolute Gasteiger partial charge is 0.410 e. The van der Waals surface area contributed by atoms with Crippen LogP contribution in [0.3, 0.4) is 0 Å². The Balaban J connectivity index is 2.50. The van der Waals surface area contributed by atoms with Gasteiger partial charge in [0.1, 0.15) is 11.6 Å². The van der Waals surface area contributed by atoms with Crippen LogP contribution in [0.25, 0.3) is 11.1 Å². The molecular formula is C13H9ClFNO2. The Kier molecular flexibility index (Phi) is 3.48. The van der Waals surface area contributed by atoms with Crippen LogP contribution in [0.15, 0.2) is 42.5 Å². The van der Waals surface area contributed by atoms with Gasteiger partial charge in [0.05, 0.1) is 0 Å². The summed E-state index contributed by atoms with van der Waals surface area (Å²) in [4.78, 5) is 10.8. The summed E-state index contributed by atoms with van der Waals surface area (Å²) in [5.74, 6) is -0.233. The van der Waals surface area contributed by atoms with E-state index in [-0.39, 0.29) is 5.75 Å². The number of ether oxygens (including phenoxy) is 1. The number of hydrogen-bond donors (Lipinski definition) is 1. The number of benzene rings is 2. The van der Waals surface area contributed by atoms with Gasteiger partial charge in [0.15, 0.2) is 0 Å². The van der Waals surface area contributed by atoms with Gasteiger partial charge in [-0.2, -0.15) is 0 Å². The molecule has 2 aromatic rings. The second-order valence-electron chi connectivity index (χ2n) is 3.57. The van der Waals surface area contributed by atoms with Crippen LogP contribution < -0.4 is 10.5 Å². The van der Waals surface area contributed by atoms with Gasteiger partial charge in [0, 0.05) is 10.6 Å².